The van der Waals surface area contributed by atoms with E-state index in [4.69, 9.17) is 4.74 Å². The third kappa shape index (κ3) is 3.67. The molecule has 1 aromatic heterocycles. The highest BCUT2D eigenvalue weighted by Gasteiger charge is 2.24. The van der Waals surface area contributed by atoms with Crippen LogP contribution in [0.4, 0.5) is 4.39 Å². The quantitative estimate of drug-likeness (QED) is 0.859. The zero-order chi connectivity index (χ0) is 15.5. The van der Waals surface area contributed by atoms with Crippen LogP contribution in [0.2, 0.25) is 0 Å². The predicted molar refractivity (Wildman–Crippen MR) is 79.0 cm³/mol. The van der Waals surface area contributed by atoms with Crippen LogP contribution in [0.15, 0.2) is 29.6 Å². The Balaban J connectivity index is 1.58. The molecule has 1 amide bonds. The van der Waals surface area contributed by atoms with Crippen LogP contribution in [0.3, 0.4) is 0 Å². The van der Waals surface area contributed by atoms with E-state index in [2.05, 4.69) is 10.3 Å². The third-order valence-electron chi connectivity index (χ3n) is 3.08. The van der Waals surface area contributed by atoms with Gasteiger partial charge in [0, 0.05) is 17.0 Å². The van der Waals surface area contributed by atoms with Crippen LogP contribution in [0.25, 0.3) is 10.6 Å². The summed E-state index contributed by atoms with van der Waals surface area (Å²) < 4.78 is 17.8. The first kappa shape index (κ1) is 14.6. The Bertz CT molecular complexity index is 695. The van der Waals surface area contributed by atoms with Gasteiger partial charge in [0.15, 0.2) is 12.3 Å². The summed E-state index contributed by atoms with van der Waals surface area (Å²) in [6.07, 6.45) is 1.96. The fraction of sp³-hybridized carbons (Fsp3) is 0.267. The highest BCUT2D eigenvalue weighted by molar-refractivity contribution is 7.13. The summed E-state index contributed by atoms with van der Waals surface area (Å²) in [6.45, 7) is -0.307. The number of aromatic nitrogens is 1. The monoisotopic (exact) mass is 320 g/mol. The molecule has 1 aliphatic rings. The SMILES string of the molecule is O=C(COC(=O)c1csc(-c2ccc(F)cc2)n1)NC1CC1. The Morgan fingerprint density at radius 1 is 1.32 bits per heavy atom. The van der Waals surface area contributed by atoms with Gasteiger partial charge in [-0.2, -0.15) is 0 Å². The second-order valence-electron chi connectivity index (χ2n) is 4.96. The number of thiazole rings is 1. The van der Waals surface area contributed by atoms with E-state index in [9.17, 15) is 14.0 Å². The Kier molecular flexibility index (Phi) is 4.15. The Morgan fingerprint density at radius 3 is 2.73 bits per heavy atom. The Hall–Kier alpha value is -2.28. The molecular weight excluding hydrogens is 307 g/mol. The molecule has 22 heavy (non-hydrogen) atoms. The van der Waals surface area contributed by atoms with Gasteiger partial charge in [-0.15, -0.1) is 11.3 Å². The summed E-state index contributed by atoms with van der Waals surface area (Å²) in [4.78, 5) is 27.4. The van der Waals surface area contributed by atoms with E-state index in [-0.39, 0.29) is 30.1 Å². The second kappa shape index (κ2) is 6.23. The van der Waals surface area contributed by atoms with E-state index in [0.717, 1.165) is 18.4 Å². The van der Waals surface area contributed by atoms with Crippen molar-refractivity contribution in [3.8, 4) is 10.6 Å². The summed E-state index contributed by atoms with van der Waals surface area (Å²) in [5.74, 6) is -1.28. The molecule has 7 heteroatoms. The summed E-state index contributed by atoms with van der Waals surface area (Å²) in [6, 6.07) is 6.07. The Morgan fingerprint density at radius 2 is 2.05 bits per heavy atom. The molecule has 0 spiro atoms. The number of hydrogen-bond donors (Lipinski definition) is 1. The summed E-state index contributed by atoms with van der Waals surface area (Å²) >= 11 is 1.26. The third-order valence-corrected chi connectivity index (χ3v) is 3.97. The molecule has 0 bridgehead atoms. The minimum absolute atomic E-state index is 0.142. The van der Waals surface area contributed by atoms with Crippen molar-refractivity contribution in [3.05, 3.63) is 41.2 Å². The molecule has 5 nitrogen and oxygen atoms in total. The van der Waals surface area contributed by atoms with Crippen molar-refractivity contribution < 1.29 is 18.7 Å². The van der Waals surface area contributed by atoms with Gasteiger partial charge in [0.05, 0.1) is 0 Å². The van der Waals surface area contributed by atoms with Gasteiger partial charge in [0.1, 0.15) is 10.8 Å². The minimum Gasteiger partial charge on any atom is -0.451 e. The van der Waals surface area contributed by atoms with Gasteiger partial charge in [-0.05, 0) is 37.1 Å². The average molecular weight is 320 g/mol. The van der Waals surface area contributed by atoms with Crippen LogP contribution in [-0.4, -0.2) is 29.5 Å². The molecule has 114 valence electrons. The number of hydrogen-bond acceptors (Lipinski definition) is 5. The van der Waals surface area contributed by atoms with E-state index in [0.29, 0.717) is 5.01 Å². The maximum absolute atomic E-state index is 12.9. The molecule has 0 saturated heterocycles. The highest BCUT2D eigenvalue weighted by Crippen LogP contribution is 2.24. The number of nitrogens with zero attached hydrogens (tertiary/aromatic N) is 1. The molecule has 1 aromatic carbocycles. The molecule has 0 radical (unpaired) electrons. The van der Waals surface area contributed by atoms with Crippen molar-refractivity contribution in [2.75, 3.05) is 6.61 Å². The molecule has 1 heterocycles. The largest absolute Gasteiger partial charge is 0.451 e. The number of halogens is 1. The number of rotatable bonds is 5. The zero-order valence-electron chi connectivity index (χ0n) is 11.5. The van der Waals surface area contributed by atoms with Crippen LogP contribution in [-0.2, 0) is 9.53 Å². The minimum atomic E-state index is -0.643. The number of amides is 1. The number of benzene rings is 1. The van der Waals surface area contributed by atoms with Crippen molar-refractivity contribution in [1.29, 1.82) is 0 Å². The molecule has 1 aliphatic carbocycles. The number of esters is 1. The molecule has 1 fully saturated rings. The highest BCUT2D eigenvalue weighted by atomic mass is 32.1. The van der Waals surface area contributed by atoms with E-state index in [1.54, 1.807) is 17.5 Å². The lowest BCUT2D eigenvalue weighted by Crippen LogP contribution is -2.30. The molecule has 0 atom stereocenters. The van der Waals surface area contributed by atoms with Gasteiger partial charge in [-0.3, -0.25) is 4.79 Å². The molecule has 2 aromatic rings. The maximum atomic E-state index is 12.9. The second-order valence-corrected chi connectivity index (χ2v) is 5.82. The summed E-state index contributed by atoms with van der Waals surface area (Å²) in [5.41, 5.74) is 0.862. The molecule has 0 aliphatic heterocycles. The lowest BCUT2D eigenvalue weighted by atomic mass is 10.2. The maximum Gasteiger partial charge on any atom is 0.358 e. The van der Waals surface area contributed by atoms with Gasteiger partial charge in [-0.1, -0.05) is 0 Å². The van der Waals surface area contributed by atoms with E-state index in [1.807, 2.05) is 0 Å². The summed E-state index contributed by atoms with van der Waals surface area (Å²) in [5, 5.41) is 4.87. The average Bonchev–Trinajstić information content (AvgIpc) is 3.18. The van der Waals surface area contributed by atoms with Gasteiger partial charge in [0.2, 0.25) is 0 Å². The molecule has 1 saturated carbocycles. The number of carbonyl (C=O) groups is 2. The van der Waals surface area contributed by atoms with Crippen molar-refractivity contribution in [3.63, 3.8) is 0 Å². The van der Waals surface area contributed by atoms with Gasteiger partial charge in [-0.25, -0.2) is 14.2 Å². The van der Waals surface area contributed by atoms with Crippen LogP contribution in [0.5, 0.6) is 0 Å². The normalized spacial score (nSPS) is 13.7. The standard InChI is InChI=1S/C15H13FN2O3S/c16-10-3-1-9(2-4-10)14-18-12(8-22-14)15(20)21-7-13(19)17-11-5-6-11/h1-4,8,11H,5-7H2,(H,17,19). The van der Waals surface area contributed by atoms with Crippen molar-refractivity contribution in [1.82, 2.24) is 10.3 Å². The smallest absolute Gasteiger partial charge is 0.358 e. The van der Waals surface area contributed by atoms with Gasteiger partial charge >= 0.3 is 5.97 Å². The first-order valence-corrected chi connectivity index (χ1v) is 7.68. The Labute approximate surface area is 130 Å². The van der Waals surface area contributed by atoms with Crippen molar-refractivity contribution >= 4 is 23.2 Å². The van der Waals surface area contributed by atoms with Gasteiger partial charge in [0.25, 0.3) is 5.91 Å². The summed E-state index contributed by atoms with van der Waals surface area (Å²) in [7, 11) is 0. The molecule has 3 rings (SSSR count). The lowest BCUT2D eigenvalue weighted by Gasteiger charge is -2.03. The topological polar surface area (TPSA) is 68.3 Å². The lowest BCUT2D eigenvalue weighted by molar-refractivity contribution is -0.124. The molecule has 1 N–H and O–H groups in total. The number of carbonyl (C=O) groups excluding carboxylic acids is 2. The molecule has 0 unspecified atom stereocenters. The molecular formula is C15H13FN2O3S. The van der Waals surface area contributed by atoms with E-state index >= 15 is 0 Å². The van der Waals surface area contributed by atoms with Crippen LogP contribution in [0.1, 0.15) is 23.3 Å². The number of nitrogens with one attached hydrogen (secondary N) is 1. The van der Waals surface area contributed by atoms with Crippen LogP contribution >= 0.6 is 11.3 Å². The fourth-order valence-electron chi connectivity index (χ4n) is 1.79. The predicted octanol–water partition coefficient (Wildman–Crippen LogP) is 2.38. The van der Waals surface area contributed by atoms with Crippen LogP contribution in [0, 0.1) is 5.82 Å². The first-order chi connectivity index (χ1) is 10.6. The first-order valence-electron chi connectivity index (χ1n) is 6.80. The van der Waals surface area contributed by atoms with E-state index in [1.165, 1.54) is 23.5 Å². The van der Waals surface area contributed by atoms with Crippen molar-refractivity contribution in [2.45, 2.75) is 18.9 Å². The van der Waals surface area contributed by atoms with Gasteiger partial charge < -0.3 is 10.1 Å². The van der Waals surface area contributed by atoms with Crippen molar-refractivity contribution in [2.24, 2.45) is 0 Å². The zero-order valence-corrected chi connectivity index (χ0v) is 12.4. The van der Waals surface area contributed by atoms with E-state index < -0.39 is 5.97 Å². The van der Waals surface area contributed by atoms with Crippen LogP contribution < -0.4 is 5.32 Å². The number of ether oxygens (including phenoxy) is 1. The fourth-order valence-corrected chi connectivity index (χ4v) is 2.59.